The standard InChI is InChI=1S/C16H15N5O2/c1-9-7-13(23-21-9)16(22)17-12-4-2-3-11(8-12)15-18-14(19-20-15)10-5-6-10/h2-4,7-8,10H,5-6H2,1H3,(H,17,22)(H,18,19,20). The first-order valence-electron chi connectivity index (χ1n) is 7.46. The number of hydrogen-bond acceptors (Lipinski definition) is 5. The molecule has 23 heavy (non-hydrogen) atoms. The maximum absolute atomic E-state index is 12.1. The average Bonchev–Trinajstić information content (AvgIpc) is 3.11. The first-order chi connectivity index (χ1) is 11.2. The van der Waals surface area contributed by atoms with E-state index in [4.69, 9.17) is 4.52 Å². The van der Waals surface area contributed by atoms with Crippen molar-refractivity contribution in [1.29, 1.82) is 0 Å². The number of carbonyl (C=O) groups excluding carboxylic acids is 1. The highest BCUT2D eigenvalue weighted by Gasteiger charge is 2.27. The Morgan fingerprint density at radius 3 is 2.96 bits per heavy atom. The maximum atomic E-state index is 12.1. The molecular formula is C16H15N5O2. The zero-order valence-electron chi connectivity index (χ0n) is 12.5. The van der Waals surface area contributed by atoms with Gasteiger partial charge >= 0.3 is 0 Å². The molecule has 1 aliphatic carbocycles. The van der Waals surface area contributed by atoms with Crippen LogP contribution in [0, 0.1) is 6.92 Å². The van der Waals surface area contributed by atoms with E-state index in [1.807, 2.05) is 18.2 Å². The van der Waals surface area contributed by atoms with Gasteiger partial charge in [0.2, 0.25) is 5.76 Å². The molecule has 0 unspecified atom stereocenters. The molecule has 2 aromatic heterocycles. The van der Waals surface area contributed by atoms with Crippen molar-refractivity contribution in [3.8, 4) is 11.4 Å². The van der Waals surface area contributed by atoms with Crippen LogP contribution in [0.15, 0.2) is 34.9 Å². The summed E-state index contributed by atoms with van der Waals surface area (Å²) < 4.78 is 4.96. The Hall–Kier alpha value is -2.96. The van der Waals surface area contributed by atoms with Crippen molar-refractivity contribution in [1.82, 2.24) is 20.3 Å². The zero-order valence-corrected chi connectivity index (χ0v) is 12.5. The van der Waals surface area contributed by atoms with Crippen LogP contribution in [0.25, 0.3) is 11.4 Å². The third kappa shape index (κ3) is 2.85. The highest BCUT2D eigenvalue weighted by atomic mass is 16.5. The SMILES string of the molecule is Cc1cc(C(=O)Nc2cccc(-c3n[nH]c(C4CC4)n3)c2)on1. The Balaban J connectivity index is 1.54. The van der Waals surface area contributed by atoms with Gasteiger partial charge in [0, 0.05) is 23.2 Å². The summed E-state index contributed by atoms with van der Waals surface area (Å²) in [5.41, 5.74) is 2.16. The molecule has 2 N–H and O–H groups in total. The second-order valence-corrected chi connectivity index (χ2v) is 5.69. The fourth-order valence-electron chi connectivity index (χ4n) is 2.34. The van der Waals surface area contributed by atoms with Crippen LogP contribution in [-0.2, 0) is 0 Å². The summed E-state index contributed by atoms with van der Waals surface area (Å²) >= 11 is 0. The van der Waals surface area contributed by atoms with Crippen molar-refractivity contribution in [2.75, 3.05) is 5.32 Å². The van der Waals surface area contributed by atoms with E-state index in [0.29, 0.717) is 23.1 Å². The van der Waals surface area contributed by atoms with Crippen LogP contribution >= 0.6 is 0 Å². The zero-order chi connectivity index (χ0) is 15.8. The second kappa shape index (κ2) is 5.35. The third-order valence-electron chi connectivity index (χ3n) is 3.70. The van der Waals surface area contributed by atoms with E-state index in [9.17, 15) is 4.79 Å². The van der Waals surface area contributed by atoms with Gasteiger partial charge in [0.05, 0.1) is 5.69 Å². The molecule has 116 valence electrons. The molecule has 1 fully saturated rings. The molecule has 1 amide bonds. The molecule has 2 heterocycles. The Bertz CT molecular complexity index is 863. The second-order valence-electron chi connectivity index (χ2n) is 5.69. The number of carbonyl (C=O) groups is 1. The first kappa shape index (κ1) is 13.7. The number of nitrogens with zero attached hydrogens (tertiary/aromatic N) is 3. The van der Waals surface area contributed by atoms with Crippen molar-refractivity contribution in [3.63, 3.8) is 0 Å². The monoisotopic (exact) mass is 309 g/mol. The molecule has 0 spiro atoms. The molecular weight excluding hydrogens is 294 g/mol. The first-order valence-corrected chi connectivity index (χ1v) is 7.46. The summed E-state index contributed by atoms with van der Waals surface area (Å²) in [5, 5.41) is 13.7. The van der Waals surface area contributed by atoms with Crippen LogP contribution < -0.4 is 5.32 Å². The number of aromatic amines is 1. The third-order valence-corrected chi connectivity index (χ3v) is 3.70. The van der Waals surface area contributed by atoms with Crippen LogP contribution in [0.4, 0.5) is 5.69 Å². The summed E-state index contributed by atoms with van der Waals surface area (Å²) in [6.45, 7) is 1.77. The molecule has 0 radical (unpaired) electrons. The molecule has 3 aromatic rings. The number of benzene rings is 1. The van der Waals surface area contributed by atoms with Gasteiger partial charge < -0.3 is 9.84 Å². The molecule has 0 atom stereocenters. The summed E-state index contributed by atoms with van der Waals surface area (Å²) in [6, 6.07) is 8.99. The van der Waals surface area contributed by atoms with Crippen LogP contribution in [0.3, 0.4) is 0 Å². The summed E-state index contributed by atoms with van der Waals surface area (Å²) in [7, 11) is 0. The van der Waals surface area contributed by atoms with E-state index in [0.717, 1.165) is 11.4 Å². The van der Waals surface area contributed by atoms with E-state index < -0.39 is 0 Å². The van der Waals surface area contributed by atoms with Gasteiger partial charge in [0.15, 0.2) is 5.82 Å². The minimum Gasteiger partial charge on any atom is -0.351 e. The van der Waals surface area contributed by atoms with Gasteiger partial charge in [-0.05, 0) is 31.9 Å². The molecule has 0 aliphatic heterocycles. The van der Waals surface area contributed by atoms with Crippen molar-refractivity contribution < 1.29 is 9.32 Å². The highest BCUT2D eigenvalue weighted by molar-refractivity contribution is 6.02. The predicted octanol–water partition coefficient (Wildman–Crippen LogP) is 2.90. The van der Waals surface area contributed by atoms with Gasteiger partial charge in [0.1, 0.15) is 5.82 Å². The number of rotatable bonds is 4. The van der Waals surface area contributed by atoms with Crippen LogP contribution in [0.1, 0.15) is 40.8 Å². The van der Waals surface area contributed by atoms with Crippen LogP contribution in [0.2, 0.25) is 0 Å². The number of hydrogen-bond donors (Lipinski definition) is 2. The molecule has 4 rings (SSSR count). The quantitative estimate of drug-likeness (QED) is 0.772. The average molecular weight is 309 g/mol. The minimum absolute atomic E-state index is 0.182. The normalized spacial score (nSPS) is 14.0. The van der Waals surface area contributed by atoms with Gasteiger partial charge in [-0.25, -0.2) is 4.98 Å². The largest absolute Gasteiger partial charge is 0.351 e. The lowest BCUT2D eigenvalue weighted by atomic mass is 10.2. The van der Waals surface area contributed by atoms with Crippen LogP contribution in [0.5, 0.6) is 0 Å². The maximum Gasteiger partial charge on any atom is 0.294 e. The lowest BCUT2D eigenvalue weighted by Gasteiger charge is -2.04. The van der Waals surface area contributed by atoms with Gasteiger partial charge in [-0.1, -0.05) is 17.3 Å². The molecule has 7 heteroatoms. The summed E-state index contributed by atoms with van der Waals surface area (Å²) in [5.74, 6) is 1.94. The Morgan fingerprint density at radius 1 is 1.35 bits per heavy atom. The van der Waals surface area contributed by atoms with Crippen molar-refractivity contribution in [3.05, 3.63) is 47.6 Å². The topological polar surface area (TPSA) is 96.7 Å². The number of anilines is 1. The van der Waals surface area contributed by atoms with Gasteiger partial charge in [0.25, 0.3) is 5.91 Å². The van der Waals surface area contributed by atoms with E-state index in [1.165, 1.54) is 12.8 Å². The van der Waals surface area contributed by atoms with Crippen molar-refractivity contribution >= 4 is 11.6 Å². The van der Waals surface area contributed by atoms with Crippen LogP contribution in [-0.4, -0.2) is 26.2 Å². The lowest BCUT2D eigenvalue weighted by molar-refractivity contribution is 0.0988. The Kier molecular flexibility index (Phi) is 3.18. The molecule has 0 saturated heterocycles. The molecule has 1 saturated carbocycles. The number of aromatic nitrogens is 4. The highest BCUT2D eigenvalue weighted by Crippen LogP contribution is 2.38. The van der Waals surface area contributed by atoms with Gasteiger partial charge in [-0.2, -0.15) is 5.10 Å². The smallest absolute Gasteiger partial charge is 0.294 e. The number of nitrogens with one attached hydrogen (secondary N) is 2. The molecule has 1 aromatic carbocycles. The molecule has 1 aliphatic rings. The molecule has 7 nitrogen and oxygen atoms in total. The summed E-state index contributed by atoms with van der Waals surface area (Å²) in [6.07, 6.45) is 2.34. The lowest BCUT2D eigenvalue weighted by Crippen LogP contribution is -2.10. The van der Waals surface area contributed by atoms with E-state index in [2.05, 4.69) is 25.7 Å². The minimum atomic E-state index is -0.337. The predicted molar refractivity (Wildman–Crippen MR) is 83.0 cm³/mol. The van der Waals surface area contributed by atoms with E-state index >= 15 is 0 Å². The van der Waals surface area contributed by atoms with Crippen molar-refractivity contribution in [2.45, 2.75) is 25.7 Å². The molecule has 0 bridgehead atoms. The number of aryl methyl sites for hydroxylation is 1. The Labute approximate surface area is 132 Å². The van der Waals surface area contributed by atoms with Gasteiger partial charge in [-0.3, -0.25) is 9.89 Å². The fourth-order valence-corrected chi connectivity index (χ4v) is 2.34. The number of H-pyrrole nitrogens is 1. The fraction of sp³-hybridized carbons (Fsp3) is 0.250. The van der Waals surface area contributed by atoms with E-state index in [1.54, 1.807) is 19.1 Å². The van der Waals surface area contributed by atoms with Gasteiger partial charge in [-0.15, -0.1) is 0 Å². The van der Waals surface area contributed by atoms with Crippen molar-refractivity contribution in [2.24, 2.45) is 0 Å². The van der Waals surface area contributed by atoms with E-state index in [-0.39, 0.29) is 11.7 Å². The summed E-state index contributed by atoms with van der Waals surface area (Å²) in [4.78, 5) is 16.6. The Morgan fingerprint density at radius 2 is 2.22 bits per heavy atom. The number of amides is 1.